The maximum absolute atomic E-state index is 5.04. The van der Waals surface area contributed by atoms with E-state index >= 15 is 0 Å². The van der Waals surface area contributed by atoms with E-state index in [0.717, 1.165) is 5.33 Å². The smallest absolute Gasteiger partial charge is 0.109 e. The van der Waals surface area contributed by atoms with Crippen molar-refractivity contribution >= 4 is 31.9 Å². The fourth-order valence-electron chi connectivity index (χ4n) is 0.400. The van der Waals surface area contributed by atoms with Gasteiger partial charge in [0.1, 0.15) is 6.61 Å². The summed E-state index contributed by atoms with van der Waals surface area (Å²) in [5.41, 5.74) is 0. The fourth-order valence-corrected chi connectivity index (χ4v) is 0.761. The van der Waals surface area contributed by atoms with E-state index in [2.05, 4.69) is 56.7 Å². The zero-order valence-electron chi connectivity index (χ0n) is 7.45. The first-order chi connectivity index (χ1) is 6.91. The number of alkyl halides is 2. The Kier molecular flexibility index (Phi) is 14.4. The van der Waals surface area contributed by atoms with Crippen LogP contribution in [-0.4, -0.2) is 37.1 Å². The van der Waals surface area contributed by atoms with Crippen LogP contribution in [0.4, 0.5) is 0 Å². The van der Waals surface area contributed by atoms with Gasteiger partial charge in [-0.05, 0) is 15.1 Å². The highest BCUT2D eigenvalue weighted by molar-refractivity contribution is 9.09. The molecule has 0 amide bonds. The molecule has 0 bridgehead atoms. The van der Waals surface area contributed by atoms with E-state index < -0.39 is 0 Å². The third-order valence-electron chi connectivity index (χ3n) is 0.845. The van der Waals surface area contributed by atoms with Gasteiger partial charge in [-0.1, -0.05) is 31.9 Å². The molecule has 86 valence electrons. The van der Waals surface area contributed by atoms with Crippen LogP contribution in [-0.2, 0) is 29.6 Å². The summed E-state index contributed by atoms with van der Waals surface area (Å²) in [6.07, 6.45) is 0. The minimum absolute atomic E-state index is 0.245. The topological polar surface area (TPSA) is 55.4 Å². The monoisotopic (exact) mass is 338 g/mol. The molecule has 8 heteroatoms. The third-order valence-corrected chi connectivity index (χ3v) is 1.49. The average molecular weight is 340 g/mol. The molecule has 0 aromatic heterocycles. The highest BCUT2D eigenvalue weighted by Gasteiger charge is 1.92. The molecule has 0 atom stereocenters. The van der Waals surface area contributed by atoms with Gasteiger partial charge >= 0.3 is 0 Å². The standard InChI is InChI=1S/C6H12Br2O6/c7-1-3-9-5-6-11-13-14-12-10-4-2-8/h1-6H2. The Hall–Kier alpha value is 0.720. The predicted octanol–water partition coefficient (Wildman–Crippen LogP) is 1.54. The van der Waals surface area contributed by atoms with Crippen LogP contribution >= 0.6 is 31.9 Å². The summed E-state index contributed by atoms with van der Waals surface area (Å²) >= 11 is 6.32. The molecule has 0 aliphatic rings. The zero-order valence-corrected chi connectivity index (χ0v) is 10.6. The number of hydrogen-bond donors (Lipinski definition) is 0. The van der Waals surface area contributed by atoms with Crippen LogP contribution in [0, 0.1) is 0 Å². The van der Waals surface area contributed by atoms with Crippen LogP contribution in [0.1, 0.15) is 0 Å². The second-order valence-electron chi connectivity index (χ2n) is 1.84. The Morgan fingerprint density at radius 1 is 0.643 bits per heavy atom. The van der Waals surface area contributed by atoms with Gasteiger partial charge in [-0.2, -0.15) is 0 Å². The Morgan fingerprint density at radius 2 is 1.29 bits per heavy atom. The van der Waals surface area contributed by atoms with E-state index in [1.807, 2.05) is 0 Å². The molecule has 0 fully saturated rings. The third kappa shape index (κ3) is 12.7. The van der Waals surface area contributed by atoms with E-state index in [1.54, 1.807) is 0 Å². The summed E-state index contributed by atoms with van der Waals surface area (Å²) in [4.78, 5) is 8.90. The molecule has 0 saturated carbocycles. The molecule has 0 saturated heterocycles. The first kappa shape index (κ1) is 14.7. The molecular weight excluding hydrogens is 328 g/mol. The number of ether oxygens (including phenoxy) is 1. The highest BCUT2D eigenvalue weighted by atomic mass is 79.9. The summed E-state index contributed by atoms with van der Waals surface area (Å²) in [5, 5.41) is 13.6. The lowest BCUT2D eigenvalue weighted by Gasteiger charge is -2.01. The molecule has 0 rings (SSSR count). The van der Waals surface area contributed by atoms with Crippen molar-refractivity contribution in [3.63, 3.8) is 0 Å². The van der Waals surface area contributed by atoms with Gasteiger partial charge in [-0.15, -0.1) is 0 Å². The molecule has 0 aliphatic carbocycles. The number of rotatable bonds is 11. The lowest BCUT2D eigenvalue weighted by atomic mass is 10.7. The van der Waals surface area contributed by atoms with Crippen molar-refractivity contribution in [3.8, 4) is 0 Å². The second kappa shape index (κ2) is 13.7. The van der Waals surface area contributed by atoms with Gasteiger partial charge in [0.25, 0.3) is 0 Å². The molecule has 0 aromatic carbocycles. The summed E-state index contributed by atoms with van der Waals surface area (Å²) in [6.45, 7) is 1.62. The summed E-state index contributed by atoms with van der Waals surface area (Å²) in [5.74, 6) is 0. The van der Waals surface area contributed by atoms with E-state index in [9.17, 15) is 0 Å². The van der Waals surface area contributed by atoms with Crippen LogP contribution < -0.4 is 0 Å². The molecule has 0 unspecified atom stereocenters. The van der Waals surface area contributed by atoms with E-state index in [-0.39, 0.29) is 6.61 Å². The van der Waals surface area contributed by atoms with Crippen molar-refractivity contribution in [3.05, 3.63) is 0 Å². The number of hydrogen-bond acceptors (Lipinski definition) is 6. The van der Waals surface area contributed by atoms with Crippen LogP contribution in [0.15, 0.2) is 0 Å². The first-order valence-corrected chi connectivity index (χ1v) is 6.10. The van der Waals surface area contributed by atoms with Crippen molar-refractivity contribution in [1.29, 1.82) is 0 Å². The van der Waals surface area contributed by atoms with Gasteiger partial charge in [0.2, 0.25) is 0 Å². The van der Waals surface area contributed by atoms with Crippen LogP contribution in [0.2, 0.25) is 0 Å². The van der Waals surface area contributed by atoms with Gasteiger partial charge in [0.15, 0.2) is 0 Å². The van der Waals surface area contributed by atoms with E-state index in [4.69, 9.17) is 4.74 Å². The minimum atomic E-state index is 0.245. The van der Waals surface area contributed by atoms with Crippen molar-refractivity contribution in [2.75, 3.05) is 37.1 Å². The zero-order chi connectivity index (χ0) is 10.5. The van der Waals surface area contributed by atoms with Gasteiger partial charge in [-0.25, -0.2) is 9.78 Å². The molecular formula is C6H12Br2O6. The molecule has 6 nitrogen and oxygen atoms in total. The number of halogens is 2. The summed E-state index contributed by atoms with van der Waals surface area (Å²) in [7, 11) is 0. The Labute approximate surface area is 98.7 Å². The largest absolute Gasteiger partial charge is 0.378 e. The Morgan fingerprint density at radius 3 is 1.93 bits per heavy atom. The second-order valence-corrected chi connectivity index (χ2v) is 3.42. The minimum Gasteiger partial charge on any atom is -0.378 e. The Balaban J connectivity index is 2.78. The average Bonchev–Trinajstić information content (AvgIpc) is 2.21. The normalized spacial score (nSPS) is 10.7. The Bertz CT molecular complexity index is 94.3. The van der Waals surface area contributed by atoms with Crippen molar-refractivity contribution in [2.24, 2.45) is 0 Å². The van der Waals surface area contributed by atoms with Crippen LogP contribution in [0.3, 0.4) is 0 Å². The van der Waals surface area contributed by atoms with Crippen molar-refractivity contribution in [2.45, 2.75) is 0 Å². The maximum atomic E-state index is 5.04. The highest BCUT2D eigenvalue weighted by Crippen LogP contribution is 1.88. The van der Waals surface area contributed by atoms with Gasteiger partial charge < -0.3 is 4.74 Å². The molecule has 0 heterocycles. The molecule has 0 aromatic rings. The summed E-state index contributed by atoms with van der Waals surface area (Å²) in [6, 6.07) is 0. The molecule has 0 spiro atoms. The van der Waals surface area contributed by atoms with E-state index in [1.165, 1.54) is 0 Å². The molecule has 14 heavy (non-hydrogen) atoms. The SMILES string of the molecule is BrCCOCCOOOOOCCBr. The van der Waals surface area contributed by atoms with E-state index in [0.29, 0.717) is 25.2 Å². The first-order valence-electron chi connectivity index (χ1n) is 3.86. The van der Waals surface area contributed by atoms with Gasteiger partial charge in [0, 0.05) is 10.7 Å². The van der Waals surface area contributed by atoms with Crippen molar-refractivity contribution in [1.82, 2.24) is 0 Å². The molecule has 0 N–H and O–H groups in total. The maximum Gasteiger partial charge on any atom is 0.109 e. The lowest BCUT2D eigenvalue weighted by molar-refractivity contribution is -0.708. The van der Waals surface area contributed by atoms with Gasteiger partial charge in [0.05, 0.1) is 19.8 Å². The quantitative estimate of drug-likeness (QED) is 0.246. The molecule has 0 aliphatic heterocycles. The lowest BCUT2D eigenvalue weighted by Crippen LogP contribution is -2.07. The van der Waals surface area contributed by atoms with Crippen LogP contribution in [0.25, 0.3) is 0 Å². The van der Waals surface area contributed by atoms with Crippen LogP contribution in [0.5, 0.6) is 0 Å². The van der Waals surface area contributed by atoms with Crippen molar-refractivity contribution < 1.29 is 29.6 Å². The fraction of sp³-hybridized carbons (Fsp3) is 1.00. The summed E-state index contributed by atoms with van der Waals surface area (Å²) < 4.78 is 5.04. The predicted molar refractivity (Wildman–Crippen MR) is 53.6 cm³/mol. The molecule has 0 radical (unpaired) electrons. The van der Waals surface area contributed by atoms with Gasteiger partial charge in [-0.3, -0.25) is 0 Å².